The van der Waals surface area contributed by atoms with E-state index >= 15 is 0 Å². The average molecular weight is 335 g/mol. The van der Waals surface area contributed by atoms with Crippen molar-refractivity contribution in [2.45, 2.75) is 19.5 Å². The number of halogens is 4. The number of rotatable bonds is 1. The van der Waals surface area contributed by atoms with Crippen LogP contribution in [0, 0.1) is 12.7 Å². The lowest BCUT2D eigenvalue weighted by Crippen LogP contribution is -2.20. The zero-order valence-corrected chi connectivity index (χ0v) is 12.7. The summed E-state index contributed by atoms with van der Waals surface area (Å²) in [7, 11) is 0. The van der Waals surface area contributed by atoms with Crippen LogP contribution in [0.4, 0.5) is 29.1 Å². The molecule has 0 radical (unpaired) electrons. The van der Waals surface area contributed by atoms with Crippen molar-refractivity contribution in [3.8, 4) is 0 Å². The normalized spacial score (nSPS) is 14.5. The van der Waals surface area contributed by atoms with Gasteiger partial charge in [0.15, 0.2) is 11.5 Å². The van der Waals surface area contributed by atoms with Crippen LogP contribution in [0.3, 0.4) is 0 Å². The Morgan fingerprint density at radius 1 is 1.17 bits per heavy atom. The summed E-state index contributed by atoms with van der Waals surface area (Å²) >= 11 is 0. The predicted octanol–water partition coefficient (Wildman–Crippen LogP) is 4.49. The smallest absolute Gasteiger partial charge is 0.321 e. The fourth-order valence-corrected chi connectivity index (χ4v) is 3.21. The summed E-state index contributed by atoms with van der Waals surface area (Å²) < 4.78 is 56.2. The molecule has 0 amide bonds. The summed E-state index contributed by atoms with van der Waals surface area (Å²) in [5, 5.41) is 0. The van der Waals surface area contributed by atoms with Gasteiger partial charge in [-0.05, 0) is 42.7 Å². The van der Waals surface area contributed by atoms with Gasteiger partial charge in [-0.2, -0.15) is 13.2 Å². The summed E-state index contributed by atoms with van der Waals surface area (Å²) in [5.74, 6) is -0.789. The second-order valence-corrected chi connectivity index (χ2v) is 5.86. The van der Waals surface area contributed by atoms with Crippen molar-refractivity contribution >= 4 is 17.2 Å². The van der Waals surface area contributed by atoms with Crippen molar-refractivity contribution in [1.82, 2.24) is 9.38 Å². The van der Waals surface area contributed by atoms with Gasteiger partial charge in [-0.3, -0.25) is 4.40 Å². The molecule has 124 valence electrons. The Bertz CT molecular complexity index is 943. The number of para-hydroxylation sites is 1. The minimum Gasteiger partial charge on any atom is -0.321 e. The van der Waals surface area contributed by atoms with E-state index in [0.29, 0.717) is 12.0 Å². The molecule has 3 aromatic rings. The number of aryl methyl sites for hydroxylation is 1. The van der Waals surface area contributed by atoms with Crippen LogP contribution in [0.2, 0.25) is 0 Å². The van der Waals surface area contributed by atoms with Crippen LogP contribution in [-0.4, -0.2) is 15.9 Å². The quantitative estimate of drug-likeness (QED) is 0.611. The fourth-order valence-electron chi connectivity index (χ4n) is 3.21. The Hall–Kier alpha value is -2.57. The van der Waals surface area contributed by atoms with Crippen LogP contribution in [-0.2, 0) is 12.6 Å². The van der Waals surface area contributed by atoms with Crippen LogP contribution in [0.15, 0.2) is 36.5 Å². The third-order valence-corrected chi connectivity index (χ3v) is 4.23. The Morgan fingerprint density at radius 3 is 2.71 bits per heavy atom. The summed E-state index contributed by atoms with van der Waals surface area (Å²) in [4.78, 5) is 5.49. The van der Waals surface area contributed by atoms with Crippen molar-refractivity contribution in [1.29, 1.82) is 0 Å². The summed E-state index contributed by atoms with van der Waals surface area (Å²) in [6, 6.07) is 7.72. The lowest BCUT2D eigenvalue weighted by atomic mass is 10.1. The first kappa shape index (κ1) is 15.0. The molecule has 24 heavy (non-hydrogen) atoms. The molecule has 0 fully saturated rings. The number of hydrogen-bond acceptors (Lipinski definition) is 2. The molecule has 0 bridgehead atoms. The molecule has 0 saturated heterocycles. The number of fused-ring (bicyclic) bond motifs is 2. The maximum atomic E-state index is 14.2. The molecule has 7 heteroatoms. The summed E-state index contributed by atoms with van der Waals surface area (Å²) in [5.41, 5.74) is 0.996. The van der Waals surface area contributed by atoms with Gasteiger partial charge in [0.05, 0.1) is 5.69 Å². The Kier molecular flexibility index (Phi) is 3.10. The highest BCUT2D eigenvalue weighted by atomic mass is 19.4. The average Bonchev–Trinajstić information content (AvgIpc) is 3.07. The molecule has 2 aromatic heterocycles. The molecule has 0 spiro atoms. The van der Waals surface area contributed by atoms with Gasteiger partial charge >= 0.3 is 6.18 Å². The first-order valence-electron chi connectivity index (χ1n) is 7.47. The van der Waals surface area contributed by atoms with Crippen molar-refractivity contribution in [3.05, 3.63) is 59.2 Å². The number of aromatic nitrogens is 2. The molecule has 3 heterocycles. The Labute approximate surface area is 135 Å². The summed E-state index contributed by atoms with van der Waals surface area (Å²) in [6.45, 7) is 2.05. The van der Waals surface area contributed by atoms with E-state index in [9.17, 15) is 17.6 Å². The molecule has 1 aliphatic heterocycles. The van der Waals surface area contributed by atoms with E-state index in [1.54, 1.807) is 31.2 Å². The fraction of sp³-hybridized carbons (Fsp3) is 0.235. The predicted molar refractivity (Wildman–Crippen MR) is 82.0 cm³/mol. The number of pyridine rings is 1. The zero-order chi connectivity index (χ0) is 17.1. The number of imidazole rings is 1. The highest BCUT2D eigenvalue weighted by Gasteiger charge is 2.41. The minimum absolute atomic E-state index is 0.183. The minimum atomic E-state index is -4.60. The highest BCUT2D eigenvalue weighted by molar-refractivity contribution is 5.72. The van der Waals surface area contributed by atoms with Crippen LogP contribution < -0.4 is 4.90 Å². The van der Waals surface area contributed by atoms with E-state index in [-0.39, 0.29) is 23.7 Å². The number of hydrogen-bond donors (Lipinski definition) is 0. The van der Waals surface area contributed by atoms with E-state index in [2.05, 4.69) is 4.98 Å². The maximum Gasteiger partial charge on any atom is 0.435 e. The molecule has 3 nitrogen and oxygen atoms in total. The monoisotopic (exact) mass is 335 g/mol. The van der Waals surface area contributed by atoms with Crippen LogP contribution >= 0.6 is 0 Å². The molecule has 0 unspecified atom stereocenters. The molecule has 0 saturated carbocycles. The first-order chi connectivity index (χ1) is 11.4. The van der Waals surface area contributed by atoms with Gasteiger partial charge in [0.1, 0.15) is 11.5 Å². The molecule has 0 aliphatic carbocycles. The standard InChI is InChI=1S/C17H13F4N3/c1-10-5-7-23-13(9-10)22-16(15(23)17(19,20)21)24-8-6-11-3-2-4-12(18)14(11)24/h2-5,7,9H,6,8H2,1H3. The van der Waals surface area contributed by atoms with Crippen molar-refractivity contribution in [2.24, 2.45) is 0 Å². The van der Waals surface area contributed by atoms with E-state index in [4.69, 9.17) is 0 Å². The lowest BCUT2D eigenvalue weighted by Gasteiger charge is -2.20. The van der Waals surface area contributed by atoms with Gasteiger partial charge in [-0.15, -0.1) is 0 Å². The highest BCUT2D eigenvalue weighted by Crippen LogP contribution is 2.43. The number of anilines is 2. The van der Waals surface area contributed by atoms with Gasteiger partial charge in [-0.1, -0.05) is 12.1 Å². The largest absolute Gasteiger partial charge is 0.435 e. The Morgan fingerprint density at radius 2 is 1.96 bits per heavy atom. The second kappa shape index (κ2) is 4.96. The second-order valence-electron chi connectivity index (χ2n) is 5.86. The number of alkyl halides is 3. The molecular weight excluding hydrogens is 322 g/mol. The van der Waals surface area contributed by atoms with Gasteiger partial charge in [0.25, 0.3) is 0 Å². The summed E-state index contributed by atoms with van der Waals surface area (Å²) in [6.07, 6.45) is -2.77. The first-order valence-corrected chi connectivity index (χ1v) is 7.47. The molecular formula is C17H13F4N3. The third kappa shape index (κ3) is 2.15. The SMILES string of the molecule is Cc1ccn2c(C(F)(F)F)c(N3CCc4cccc(F)c43)nc2c1. The van der Waals surface area contributed by atoms with Crippen molar-refractivity contribution in [3.63, 3.8) is 0 Å². The maximum absolute atomic E-state index is 14.2. The van der Waals surface area contributed by atoms with Crippen LogP contribution in [0.5, 0.6) is 0 Å². The van der Waals surface area contributed by atoms with Gasteiger partial charge in [0.2, 0.25) is 0 Å². The van der Waals surface area contributed by atoms with E-state index in [1.165, 1.54) is 17.2 Å². The van der Waals surface area contributed by atoms with Crippen LogP contribution in [0.25, 0.3) is 5.65 Å². The van der Waals surface area contributed by atoms with Crippen LogP contribution in [0.1, 0.15) is 16.8 Å². The topological polar surface area (TPSA) is 20.5 Å². The number of nitrogens with zero attached hydrogens (tertiary/aromatic N) is 3. The lowest BCUT2D eigenvalue weighted by molar-refractivity contribution is -0.141. The number of benzene rings is 1. The molecule has 1 aromatic carbocycles. The van der Waals surface area contributed by atoms with E-state index in [1.807, 2.05) is 0 Å². The van der Waals surface area contributed by atoms with Gasteiger partial charge < -0.3 is 4.90 Å². The molecule has 0 N–H and O–H groups in total. The van der Waals surface area contributed by atoms with E-state index < -0.39 is 17.7 Å². The van der Waals surface area contributed by atoms with E-state index in [0.717, 1.165) is 9.96 Å². The molecule has 4 rings (SSSR count). The molecule has 0 atom stereocenters. The van der Waals surface area contributed by atoms with Crippen molar-refractivity contribution < 1.29 is 17.6 Å². The van der Waals surface area contributed by atoms with Gasteiger partial charge in [-0.25, -0.2) is 9.37 Å². The third-order valence-electron chi connectivity index (χ3n) is 4.23. The molecule has 1 aliphatic rings. The van der Waals surface area contributed by atoms with Crippen molar-refractivity contribution in [2.75, 3.05) is 11.4 Å². The zero-order valence-electron chi connectivity index (χ0n) is 12.7. The Balaban J connectivity index is 1.99. The van der Waals surface area contributed by atoms with Gasteiger partial charge in [0, 0.05) is 12.7 Å².